The lowest BCUT2D eigenvalue weighted by Crippen LogP contribution is -2.38. The third-order valence-electron chi connectivity index (χ3n) is 5.82. The molecule has 1 aromatic heterocycles. The minimum absolute atomic E-state index is 0.187. The van der Waals surface area contributed by atoms with E-state index in [1.54, 1.807) is 19.2 Å². The lowest BCUT2D eigenvalue weighted by molar-refractivity contribution is -0.144. The van der Waals surface area contributed by atoms with Gasteiger partial charge in [-0.2, -0.15) is 0 Å². The number of methoxy groups -OCH3 is 1. The summed E-state index contributed by atoms with van der Waals surface area (Å²) in [6, 6.07) is 13.5. The van der Waals surface area contributed by atoms with Crippen molar-refractivity contribution in [2.75, 3.05) is 38.3 Å². The Balaban J connectivity index is 1.58. The topological polar surface area (TPSA) is 79.7 Å². The standard InChI is InChI=1S/C25H32N4O3/c1-4-13-32-25(31-3)26-15-18-11-12-29(16-18)24-19-10-9-17(2)14-21(19)27-23(28-24)20-7-5-6-8-22(20)30/h5-10,14,18,25-26,30H,4,11-13,15-16H2,1-3H3/t18-,25?/m0/s1. The Hall–Kier alpha value is -2.74. The fraction of sp³-hybridized carbons (Fsp3) is 0.440. The maximum atomic E-state index is 10.4. The number of aryl methyl sites for hydroxylation is 1. The van der Waals surface area contributed by atoms with Gasteiger partial charge in [-0.15, -0.1) is 0 Å². The van der Waals surface area contributed by atoms with E-state index in [4.69, 9.17) is 19.4 Å². The smallest absolute Gasteiger partial charge is 0.215 e. The summed E-state index contributed by atoms with van der Waals surface area (Å²) in [5.41, 5.74) is 2.68. The number of rotatable bonds is 9. The van der Waals surface area contributed by atoms with Crippen LogP contribution in [0, 0.1) is 12.8 Å². The van der Waals surface area contributed by atoms with Crippen LogP contribution in [0.5, 0.6) is 5.75 Å². The highest BCUT2D eigenvalue weighted by molar-refractivity contribution is 5.92. The van der Waals surface area contributed by atoms with Gasteiger partial charge in [-0.25, -0.2) is 9.97 Å². The zero-order chi connectivity index (χ0) is 22.5. The zero-order valence-corrected chi connectivity index (χ0v) is 19.0. The molecule has 2 N–H and O–H groups in total. The van der Waals surface area contributed by atoms with E-state index >= 15 is 0 Å². The number of ether oxygens (including phenoxy) is 2. The number of anilines is 1. The van der Waals surface area contributed by atoms with E-state index in [0.717, 1.165) is 54.8 Å². The number of benzene rings is 2. The molecular formula is C25H32N4O3. The van der Waals surface area contributed by atoms with Gasteiger partial charge in [-0.05, 0) is 55.5 Å². The number of hydrogen-bond donors (Lipinski definition) is 2. The fourth-order valence-corrected chi connectivity index (χ4v) is 4.14. The summed E-state index contributed by atoms with van der Waals surface area (Å²) in [6.45, 7) is 7.43. The number of nitrogens with one attached hydrogen (secondary N) is 1. The van der Waals surface area contributed by atoms with Gasteiger partial charge in [-0.3, -0.25) is 5.32 Å². The predicted octanol–water partition coefficient (Wildman–Crippen LogP) is 4.08. The van der Waals surface area contributed by atoms with Gasteiger partial charge in [0.2, 0.25) is 6.41 Å². The molecule has 2 heterocycles. The Kier molecular flexibility index (Phi) is 7.19. The van der Waals surface area contributed by atoms with Crippen molar-refractivity contribution >= 4 is 16.7 Å². The highest BCUT2D eigenvalue weighted by Gasteiger charge is 2.26. The van der Waals surface area contributed by atoms with Gasteiger partial charge >= 0.3 is 0 Å². The first kappa shape index (κ1) is 22.5. The van der Waals surface area contributed by atoms with Crippen molar-refractivity contribution in [3.63, 3.8) is 0 Å². The molecule has 2 atom stereocenters. The van der Waals surface area contributed by atoms with Crippen molar-refractivity contribution in [1.29, 1.82) is 0 Å². The minimum atomic E-state index is -0.375. The molecule has 32 heavy (non-hydrogen) atoms. The highest BCUT2D eigenvalue weighted by Crippen LogP contribution is 2.33. The van der Waals surface area contributed by atoms with Crippen molar-refractivity contribution < 1.29 is 14.6 Å². The van der Waals surface area contributed by atoms with Gasteiger partial charge in [0.1, 0.15) is 11.6 Å². The van der Waals surface area contributed by atoms with E-state index in [0.29, 0.717) is 23.9 Å². The average molecular weight is 437 g/mol. The summed E-state index contributed by atoms with van der Waals surface area (Å²) in [4.78, 5) is 12.0. The molecule has 170 valence electrons. The lowest BCUT2D eigenvalue weighted by atomic mass is 10.1. The second-order valence-corrected chi connectivity index (χ2v) is 8.36. The van der Waals surface area contributed by atoms with Gasteiger partial charge in [0, 0.05) is 32.1 Å². The number of hydrogen-bond acceptors (Lipinski definition) is 7. The van der Waals surface area contributed by atoms with Crippen LogP contribution in [0.4, 0.5) is 5.82 Å². The average Bonchev–Trinajstić information content (AvgIpc) is 3.27. The van der Waals surface area contributed by atoms with E-state index < -0.39 is 0 Å². The largest absolute Gasteiger partial charge is 0.507 e. The Labute approximate surface area is 189 Å². The molecule has 2 aromatic carbocycles. The first-order valence-corrected chi connectivity index (χ1v) is 11.3. The normalized spacial score (nSPS) is 17.2. The maximum absolute atomic E-state index is 10.4. The summed E-state index contributed by atoms with van der Waals surface area (Å²) in [7, 11) is 1.66. The van der Waals surface area contributed by atoms with Crippen molar-refractivity contribution in [3.8, 4) is 17.1 Å². The summed E-state index contributed by atoms with van der Waals surface area (Å²) >= 11 is 0. The van der Waals surface area contributed by atoms with Crippen LogP contribution in [-0.2, 0) is 9.47 Å². The van der Waals surface area contributed by atoms with E-state index in [2.05, 4.69) is 42.3 Å². The molecule has 1 saturated heterocycles. The molecule has 3 aromatic rings. The van der Waals surface area contributed by atoms with Gasteiger partial charge in [0.25, 0.3) is 0 Å². The van der Waals surface area contributed by atoms with Crippen molar-refractivity contribution in [2.24, 2.45) is 5.92 Å². The number of para-hydroxylation sites is 1. The van der Waals surface area contributed by atoms with Crippen LogP contribution in [0.25, 0.3) is 22.3 Å². The minimum Gasteiger partial charge on any atom is -0.507 e. The first-order valence-electron chi connectivity index (χ1n) is 11.3. The monoisotopic (exact) mass is 436 g/mol. The number of aromatic nitrogens is 2. The molecule has 0 aliphatic carbocycles. The molecule has 0 bridgehead atoms. The van der Waals surface area contributed by atoms with Crippen LogP contribution >= 0.6 is 0 Å². The molecule has 1 fully saturated rings. The molecule has 1 aliphatic rings. The predicted molar refractivity (Wildman–Crippen MR) is 127 cm³/mol. The molecule has 0 saturated carbocycles. The molecule has 0 radical (unpaired) electrons. The third kappa shape index (κ3) is 5.01. The van der Waals surface area contributed by atoms with Crippen molar-refractivity contribution in [3.05, 3.63) is 48.0 Å². The molecule has 7 nitrogen and oxygen atoms in total. The van der Waals surface area contributed by atoms with Crippen molar-refractivity contribution in [2.45, 2.75) is 33.1 Å². The van der Waals surface area contributed by atoms with Crippen LogP contribution in [0.2, 0.25) is 0 Å². The molecule has 1 unspecified atom stereocenters. The molecule has 0 amide bonds. The molecule has 1 aliphatic heterocycles. The molecule has 0 spiro atoms. The second kappa shape index (κ2) is 10.3. The number of fused-ring (bicyclic) bond motifs is 1. The van der Waals surface area contributed by atoms with Gasteiger partial charge in [-0.1, -0.05) is 25.1 Å². The van der Waals surface area contributed by atoms with Gasteiger partial charge in [0.05, 0.1) is 17.7 Å². The third-order valence-corrected chi connectivity index (χ3v) is 5.82. The second-order valence-electron chi connectivity index (χ2n) is 8.36. The highest BCUT2D eigenvalue weighted by atomic mass is 16.7. The van der Waals surface area contributed by atoms with Gasteiger partial charge < -0.3 is 19.5 Å². The number of phenols is 1. The summed E-state index contributed by atoms with van der Waals surface area (Å²) in [5, 5.41) is 14.8. The van der Waals surface area contributed by atoms with E-state index in [9.17, 15) is 5.11 Å². The van der Waals surface area contributed by atoms with Crippen LogP contribution < -0.4 is 10.2 Å². The number of aromatic hydroxyl groups is 1. The fourth-order valence-electron chi connectivity index (χ4n) is 4.14. The quantitative estimate of drug-likeness (QED) is 0.489. The Morgan fingerprint density at radius 1 is 1.22 bits per heavy atom. The van der Waals surface area contributed by atoms with E-state index in [1.165, 1.54) is 0 Å². The Morgan fingerprint density at radius 2 is 2.06 bits per heavy atom. The maximum Gasteiger partial charge on any atom is 0.215 e. The summed E-state index contributed by atoms with van der Waals surface area (Å²) in [6.07, 6.45) is 1.64. The van der Waals surface area contributed by atoms with Crippen LogP contribution in [0.15, 0.2) is 42.5 Å². The Bertz CT molecular complexity index is 1060. The Morgan fingerprint density at radius 3 is 2.84 bits per heavy atom. The summed E-state index contributed by atoms with van der Waals surface area (Å²) < 4.78 is 11.0. The van der Waals surface area contributed by atoms with Crippen molar-refractivity contribution in [1.82, 2.24) is 15.3 Å². The SMILES string of the molecule is CCCOC(NC[C@@H]1CCN(c2nc(-c3ccccc3O)nc3cc(C)ccc23)C1)OC. The zero-order valence-electron chi connectivity index (χ0n) is 19.0. The summed E-state index contributed by atoms with van der Waals surface area (Å²) in [5.74, 6) is 2.11. The van der Waals surface area contributed by atoms with E-state index in [-0.39, 0.29) is 12.2 Å². The first-order chi connectivity index (χ1) is 15.6. The lowest BCUT2D eigenvalue weighted by Gasteiger charge is -2.22. The molecular weight excluding hydrogens is 404 g/mol. The van der Waals surface area contributed by atoms with Gasteiger partial charge in [0.15, 0.2) is 5.82 Å². The number of phenolic OH excluding ortho intramolecular Hbond substituents is 1. The molecule has 4 rings (SSSR count). The van der Waals surface area contributed by atoms with Crippen LogP contribution in [0.3, 0.4) is 0 Å². The van der Waals surface area contributed by atoms with E-state index in [1.807, 2.05) is 12.1 Å². The van der Waals surface area contributed by atoms with Crippen LogP contribution in [-0.4, -0.2) is 54.8 Å². The van der Waals surface area contributed by atoms with Crippen LogP contribution in [0.1, 0.15) is 25.3 Å². The number of nitrogens with zero attached hydrogens (tertiary/aromatic N) is 3. The molecule has 7 heteroatoms.